The highest BCUT2D eigenvalue weighted by molar-refractivity contribution is 5.85. The Labute approximate surface area is 138 Å². The molecule has 0 amide bonds. The van der Waals surface area contributed by atoms with Gasteiger partial charge in [0.2, 0.25) is 0 Å². The Balaban J connectivity index is 0.00000176. The van der Waals surface area contributed by atoms with Crippen molar-refractivity contribution in [3.05, 3.63) is 42.2 Å². The van der Waals surface area contributed by atoms with Crippen LogP contribution in [0, 0.1) is 0 Å². The Morgan fingerprint density at radius 1 is 1.32 bits per heavy atom. The van der Waals surface area contributed by atoms with Crippen molar-refractivity contribution in [3.8, 4) is 11.3 Å². The highest BCUT2D eigenvalue weighted by Gasteiger charge is 2.23. The van der Waals surface area contributed by atoms with Gasteiger partial charge in [-0.15, -0.1) is 12.4 Å². The van der Waals surface area contributed by atoms with Gasteiger partial charge in [-0.2, -0.15) is 0 Å². The van der Waals surface area contributed by atoms with Gasteiger partial charge < -0.3 is 9.84 Å². The van der Waals surface area contributed by atoms with Crippen molar-refractivity contribution in [2.45, 2.75) is 32.4 Å². The first-order chi connectivity index (χ1) is 10.4. The summed E-state index contributed by atoms with van der Waals surface area (Å²) >= 11 is 0. The van der Waals surface area contributed by atoms with Crippen LogP contribution in [0.3, 0.4) is 0 Å². The molecule has 0 aliphatic carbocycles. The molecular formula is C17H24ClN3O. The van der Waals surface area contributed by atoms with Gasteiger partial charge in [0.05, 0.1) is 6.54 Å². The van der Waals surface area contributed by atoms with Crippen LogP contribution in [0.5, 0.6) is 0 Å². The van der Waals surface area contributed by atoms with Gasteiger partial charge in [-0.3, -0.25) is 4.90 Å². The topological polar surface area (TPSA) is 41.3 Å². The first-order valence-corrected chi connectivity index (χ1v) is 7.82. The molecule has 0 spiro atoms. The van der Waals surface area contributed by atoms with E-state index in [9.17, 15) is 0 Å². The molecule has 0 saturated carbocycles. The molecule has 1 atom stereocenters. The molecule has 2 heterocycles. The van der Waals surface area contributed by atoms with E-state index in [-0.39, 0.29) is 12.4 Å². The van der Waals surface area contributed by atoms with Crippen molar-refractivity contribution in [1.29, 1.82) is 0 Å². The predicted molar refractivity (Wildman–Crippen MR) is 91.2 cm³/mol. The summed E-state index contributed by atoms with van der Waals surface area (Å²) in [7, 11) is 0. The minimum absolute atomic E-state index is 0. The first-order valence-electron chi connectivity index (χ1n) is 7.82. The van der Waals surface area contributed by atoms with E-state index in [4.69, 9.17) is 4.52 Å². The van der Waals surface area contributed by atoms with E-state index in [1.165, 1.54) is 6.42 Å². The molecule has 3 rings (SSSR count). The summed E-state index contributed by atoms with van der Waals surface area (Å²) in [6.07, 6.45) is 2.38. The van der Waals surface area contributed by atoms with Gasteiger partial charge in [0.1, 0.15) is 5.69 Å². The van der Waals surface area contributed by atoms with Crippen LogP contribution < -0.4 is 5.32 Å². The van der Waals surface area contributed by atoms with Gasteiger partial charge in [0.15, 0.2) is 5.76 Å². The molecule has 120 valence electrons. The van der Waals surface area contributed by atoms with Crippen molar-refractivity contribution in [2.24, 2.45) is 0 Å². The van der Waals surface area contributed by atoms with Crippen molar-refractivity contribution in [3.63, 3.8) is 0 Å². The molecule has 5 heteroatoms. The van der Waals surface area contributed by atoms with Crippen molar-refractivity contribution in [1.82, 2.24) is 15.4 Å². The van der Waals surface area contributed by atoms with Crippen LogP contribution in [0.25, 0.3) is 11.3 Å². The number of nitrogens with zero attached hydrogens (tertiary/aromatic N) is 2. The van der Waals surface area contributed by atoms with Crippen LogP contribution in [-0.4, -0.2) is 35.7 Å². The van der Waals surface area contributed by atoms with Crippen LogP contribution in [0.1, 0.15) is 25.5 Å². The molecule has 1 aliphatic heterocycles. The minimum Gasteiger partial charge on any atom is -0.359 e. The number of nitrogens with one attached hydrogen (secondary N) is 1. The third kappa shape index (κ3) is 4.09. The zero-order valence-corrected chi connectivity index (χ0v) is 13.8. The standard InChI is InChI=1S/C17H23N3O.ClH/c1-2-10-20(15-8-9-18-12-15)13-16-11-17(19-21-16)14-6-4-3-5-7-14;/h3-7,11,15,18H,2,8-10,12-13H2,1H3;1H. The molecule has 1 aliphatic rings. The second-order valence-corrected chi connectivity index (χ2v) is 5.66. The van der Waals surface area contributed by atoms with Crippen LogP contribution >= 0.6 is 12.4 Å². The zero-order chi connectivity index (χ0) is 14.5. The zero-order valence-electron chi connectivity index (χ0n) is 13.0. The number of benzene rings is 1. The van der Waals surface area contributed by atoms with Crippen molar-refractivity contribution < 1.29 is 4.52 Å². The lowest BCUT2D eigenvalue weighted by atomic mass is 10.1. The Kier molecular flexibility index (Phi) is 6.43. The molecule has 1 saturated heterocycles. The average Bonchev–Trinajstić information content (AvgIpc) is 3.19. The summed E-state index contributed by atoms with van der Waals surface area (Å²) in [4.78, 5) is 2.51. The first kappa shape index (κ1) is 17.0. The highest BCUT2D eigenvalue weighted by atomic mass is 35.5. The van der Waals surface area contributed by atoms with Crippen LogP contribution in [0.4, 0.5) is 0 Å². The number of aromatic nitrogens is 1. The number of hydrogen-bond acceptors (Lipinski definition) is 4. The second kappa shape index (κ2) is 8.32. The molecule has 1 N–H and O–H groups in total. The molecule has 1 aromatic heterocycles. The van der Waals surface area contributed by atoms with E-state index in [1.54, 1.807) is 0 Å². The lowest BCUT2D eigenvalue weighted by Crippen LogP contribution is -2.36. The smallest absolute Gasteiger partial charge is 0.151 e. The van der Waals surface area contributed by atoms with Gasteiger partial charge in [0, 0.05) is 24.2 Å². The van der Waals surface area contributed by atoms with E-state index >= 15 is 0 Å². The maximum absolute atomic E-state index is 5.54. The lowest BCUT2D eigenvalue weighted by molar-refractivity contribution is 0.178. The SMILES string of the molecule is CCCN(Cc1cc(-c2ccccc2)no1)C1CCNC1.Cl. The number of hydrogen-bond donors (Lipinski definition) is 1. The van der Waals surface area contributed by atoms with E-state index in [1.807, 2.05) is 18.2 Å². The van der Waals surface area contributed by atoms with E-state index < -0.39 is 0 Å². The fourth-order valence-corrected chi connectivity index (χ4v) is 2.96. The molecule has 4 nitrogen and oxygen atoms in total. The summed E-state index contributed by atoms with van der Waals surface area (Å²) in [6, 6.07) is 12.9. The maximum Gasteiger partial charge on any atom is 0.151 e. The normalized spacial score (nSPS) is 17.6. The summed E-state index contributed by atoms with van der Waals surface area (Å²) in [5, 5.41) is 7.65. The summed E-state index contributed by atoms with van der Waals surface area (Å²) in [5.41, 5.74) is 2.03. The number of rotatable bonds is 6. The molecule has 0 bridgehead atoms. The summed E-state index contributed by atoms with van der Waals surface area (Å²) < 4.78 is 5.54. The molecule has 0 radical (unpaired) electrons. The average molecular weight is 322 g/mol. The van der Waals surface area contributed by atoms with Gasteiger partial charge in [-0.05, 0) is 25.9 Å². The van der Waals surface area contributed by atoms with Crippen molar-refractivity contribution >= 4 is 12.4 Å². The van der Waals surface area contributed by atoms with Crippen molar-refractivity contribution in [2.75, 3.05) is 19.6 Å². The Hall–Kier alpha value is -1.36. The Morgan fingerprint density at radius 2 is 2.14 bits per heavy atom. The fourth-order valence-electron chi connectivity index (χ4n) is 2.96. The Morgan fingerprint density at radius 3 is 2.82 bits per heavy atom. The lowest BCUT2D eigenvalue weighted by Gasteiger charge is -2.26. The van der Waals surface area contributed by atoms with Crippen LogP contribution in [0.2, 0.25) is 0 Å². The third-order valence-electron chi connectivity index (χ3n) is 4.05. The van der Waals surface area contributed by atoms with Gasteiger partial charge >= 0.3 is 0 Å². The third-order valence-corrected chi connectivity index (χ3v) is 4.05. The Bertz CT molecular complexity index is 552. The summed E-state index contributed by atoms with van der Waals surface area (Å²) in [5.74, 6) is 0.953. The van der Waals surface area contributed by atoms with Crippen LogP contribution in [-0.2, 0) is 6.54 Å². The largest absolute Gasteiger partial charge is 0.359 e. The highest BCUT2D eigenvalue weighted by Crippen LogP contribution is 2.21. The number of halogens is 1. The fraction of sp³-hybridized carbons (Fsp3) is 0.471. The summed E-state index contributed by atoms with van der Waals surface area (Å²) in [6.45, 7) is 6.38. The molecular weight excluding hydrogens is 298 g/mol. The molecule has 1 fully saturated rings. The molecule has 22 heavy (non-hydrogen) atoms. The molecule has 1 aromatic carbocycles. The van der Waals surface area contributed by atoms with E-state index in [2.05, 4.69) is 40.5 Å². The minimum atomic E-state index is 0. The van der Waals surface area contributed by atoms with Gasteiger partial charge in [-0.25, -0.2) is 0 Å². The van der Waals surface area contributed by atoms with Crippen LogP contribution in [0.15, 0.2) is 40.9 Å². The monoisotopic (exact) mass is 321 g/mol. The van der Waals surface area contributed by atoms with Gasteiger partial charge in [0.25, 0.3) is 0 Å². The van der Waals surface area contributed by atoms with E-state index in [0.717, 1.165) is 49.6 Å². The molecule has 1 unspecified atom stereocenters. The maximum atomic E-state index is 5.54. The molecule has 2 aromatic rings. The van der Waals surface area contributed by atoms with E-state index in [0.29, 0.717) is 6.04 Å². The second-order valence-electron chi connectivity index (χ2n) is 5.66. The predicted octanol–water partition coefficient (Wildman–Crippen LogP) is 3.34. The van der Waals surface area contributed by atoms with Gasteiger partial charge in [-0.1, -0.05) is 42.4 Å². The quantitative estimate of drug-likeness (QED) is 0.886.